The van der Waals surface area contributed by atoms with Crippen LogP contribution in [0, 0.1) is 0 Å². The van der Waals surface area contributed by atoms with E-state index in [4.69, 9.17) is 8.92 Å². The van der Waals surface area contributed by atoms with Crippen molar-refractivity contribution >= 4 is 44.6 Å². The molecule has 13 heteroatoms. The van der Waals surface area contributed by atoms with Crippen LogP contribution in [0.3, 0.4) is 0 Å². The Hall–Kier alpha value is -4.95. The van der Waals surface area contributed by atoms with Gasteiger partial charge in [0.1, 0.15) is 22.7 Å². The molecule has 1 fully saturated rings. The molecule has 0 spiro atoms. The number of ether oxygens (including phenoxy) is 1. The van der Waals surface area contributed by atoms with E-state index in [9.17, 15) is 26.4 Å². The Morgan fingerprint density at radius 2 is 1.23 bits per heavy atom. The van der Waals surface area contributed by atoms with Crippen LogP contribution >= 0.6 is 12.6 Å². The second kappa shape index (κ2) is 15.7. The molecule has 6 rings (SSSR count). The zero-order valence-electron chi connectivity index (χ0n) is 28.0. The molecule has 0 aliphatic carbocycles. The van der Waals surface area contributed by atoms with Gasteiger partial charge in [0.25, 0.3) is 0 Å². The van der Waals surface area contributed by atoms with E-state index in [0.717, 1.165) is 26.6 Å². The first-order valence-electron chi connectivity index (χ1n) is 16.4. The van der Waals surface area contributed by atoms with Crippen molar-refractivity contribution in [2.45, 2.75) is 40.0 Å². The minimum absolute atomic E-state index is 0.00833. The third kappa shape index (κ3) is 8.39. The third-order valence-electron chi connectivity index (χ3n) is 8.73. The van der Waals surface area contributed by atoms with Gasteiger partial charge < -0.3 is 14.2 Å². The van der Waals surface area contributed by atoms with Gasteiger partial charge in [-0.15, -0.1) is 0 Å². The number of carbonyl (C=O) groups excluding carboxylic acids is 2. The molecule has 0 radical (unpaired) electrons. The molecule has 10 nitrogen and oxygen atoms in total. The summed E-state index contributed by atoms with van der Waals surface area (Å²) in [6.07, 6.45) is 0.122. The van der Waals surface area contributed by atoms with E-state index in [2.05, 4.69) is 17.9 Å². The molecule has 0 saturated carbocycles. The van der Waals surface area contributed by atoms with E-state index >= 15 is 0 Å². The molecule has 1 unspecified atom stereocenters. The van der Waals surface area contributed by atoms with E-state index in [1.807, 2.05) is 60.7 Å². The van der Waals surface area contributed by atoms with Gasteiger partial charge in [-0.1, -0.05) is 97.1 Å². The number of methoxy groups -OCH3 is 1. The van der Waals surface area contributed by atoms with Crippen LogP contribution in [0.15, 0.2) is 143 Å². The Balaban J connectivity index is 1.12. The number of rotatable bonds is 12. The number of carbonyl (C=O) groups is 2. The van der Waals surface area contributed by atoms with Gasteiger partial charge in [-0.2, -0.15) is 25.4 Å². The molecule has 3 atom stereocenters. The summed E-state index contributed by atoms with van der Waals surface area (Å²) in [5.41, 5.74) is 4.15. The van der Waals surface area contributed by atoms with Gasteiger partial charge in [-0.25, -0.2) is 13.2 Å². The van der Waals surface area contributed by atoms with Crippen LogP contribution in [-0.2, 0) is 40.9 Å². The first-order chi connectivity index (χ1) is 24.9. The maximum absolute atomic E-state index is 13.8. The Morgan fingerprint density at radius 1 is 0.731 bits per heavy atom. The fourth-order valence-electron chi connectivity index (χ4n) is 6.01. The van der Waals surface area contributed by atoms with Crippen molar-refractivity contribution in [2.75, 3.05) is 13.7 Å². The van der Waals surface area contributed by atoms with E-state index < -0.39 is 49.4 Å². The summed E-state index contributed by atoms with van der Waals surface area (Å²) >= 11 is 4.49. The summed E-state index contributed by atoms with van der Waals surface area (Å²) in [5, 5.41) is 2.27. The number of esters is 1. The number of hydrogen-bond acceptors (Lipinski definition) is 9. The van der Waals surface area contributed by atoms with E-state index in [1.54, 1.807) is 36.4 Å². The van der Waals surface area contributed by atoms with Crippen molar-refractivity contribution in [3.8, 4) is 28.0 Å². The van der Waals surface area contributed by atoms with Crippen LogP contribution < -0.4 is 9.50 Å². The molecule has 5 aromatic carbocycles. The SMILES string of the molecule is COC(=O)C(Cc1ccc(OS(=O)(=O)c2ccc(-c3ccccc3)cc2)cc1)NC(=O)[C@@H]1C[C@H](S)CN1S(=O)(=O)c1ccc(-c2ccccc2)cc1. The van der Waals surface area contributed by atoms with E-state index in [-0.39, 0.29) is 34.9 Å². The highest BCUT2D eigenvalue weighted by Crippen LogP contribution is 2.31. The molecule has 1 saturated heterocycles. The van der Waals surface area contributed by atoms with Crippen LogP contribution in [-0.4, -0.2) is 64.0 Å². The van der Waals surface area contributed by atoms with Gasteiger partial charge in [0, 0.05) is 18.2 Å². The molecule has 0 bridgehead atoms. The Bertz CT molecular complexity index is 2230. The van der Waals surface area contributed by atoms with Crippen LogP contribution in [0.4, 0.5) is 0 Å². The lowest BCUT2D eigenvalue weighted by Gasteiger charge is -2.25. The lowest BCUT2D eigenvalue weighted by molar-refractivity contribution is -0.145. The molecule has 5 aromatic rings. The zero-order valence-corrected chi connectivity index (χ0v) is 30.6. The molecule has 268 valence electrons. The van der Waals surface area contributed by atoms with Gasteiger partial charge in [-0.3, -0.25) is 4.79 Å². The van der Waals surface area contributed by atoms with Crippen LogP contribution in [0.1, 0.15) is 12.0 Å². The van der Waals surface area contributed by atoms with Crippen LogP contribution in [0.25, 0.3) is 22.3 Å². The molecule has 1 aliphatic rings. The van der Waals surface area contributed by atoms with Crippen molar-refractivity contribution in [3.63, 3.8) is 0 Å². The lowest BCUT2D eigenvalue weighted by atomic mass is 10.0. The molecule has 1 aliphatic heterocycles. The minimum atomic E-state index is -4.14. The largest absolute Gasteiger partial charge is 0.467 e. The number of amides is 1. The average Bonchev–Trinajstić information content (AvgIpc) is 3.58. The van der Waals surface area contributed by atoms with Gasteiger partial charge in [0.15, 0.2) is 0 Å². The van der Waals surface area contributed by atoms with Gasteiger partial charge >= 0.3 is 16.1 Å². The topological polar surface area (TPSA) is 136 Å². The van der Waals surface area contributed by atoms with Crippen molar-refractivity contribution in [3.05, 3.63) is 139 Å². The molecular weight excluding hydrogens is 721 g/mol. The average molecular weight is 757 g/mol. The first-order valence-corrected chi connectivity index (χ1v) is 19.7. The van der Waals surface area contributed by atoms with Gasteiger partial charge in [0.05, 0.1) is 12.0 Å². The Labute approximate surface area is 309 Å². The second-order valence-electron chi connectivity index (χ2n) is 12.2. The smallest absolute Gasteiger partial charge is 0.339 e. The van der Waals surface area contributed by atoms with Crippen molar-refractivity contribution < 1.29 is 35.3 Å². The number of thiol groups is 1. The first kappa shape index (κ1) is 36.8. The zero-order chi connectivity index (χ0) is 36.9. The number of nitrogens with one attached hydrogen (secondary N) is 1. The summed E-state index contributed by atoms with van der Waals surface area (Å²) < 4.78 is 64.9. The predicted octanol–water partition coefficient (Wildman–Crippen LogP) is 5.75. The lowest BCUT2D eigenvalue weighted by Crippen LogP contribution is -2.51. The van der Waals surface area contributed by atoms with E-state index in [0.29, 0.717) is 5.56 Å². The maximum atomic E-state index is 13.8. The molecular formula is C39H36N2O8S3. The van der Waals surface area contributed by atoms with Crippen molar-refractivity contribution in [1.29, 1.82) is 0 Å². The number of nitrogens with zero attached hydrogens (tertiary/aromatic N) is 1. The summed E-state index contributed by atoms with van der Waals surface area (Å²) in [4.78, 5) is 26.5. The number of sulfonamides is 1. The molecule has 52 heavy (non-hydrogen) atoms. The van der Waals surface area contributed by atoms with Gasteiger partial charge in [-0.05, 0) is 70.6 Å². The predicted molar refractivity (Wildman–Crippen MR) is 201 cm³/mol. The highest BCUT2D eigenvalue weighted by molar-refractivity contribution is 7.89. The number of benzene rings is 5. The van der Waals surface area contributed by atoms with Gasteiger partial charge in [0.2, 0.25) is 15.9 Å². The highest BCUT2D eigenvalue weighted by Gasteiger charge is 2.44. The molecule has 1 heterocycles. The second-order valence-corrected chi connectivity index (χ2v) is 16.4. The number of hydrogen-bond donors (Lipinski definition) is 2. The standard InChI is InChI=1S/C39H36N2O8S3/c1-48-39(43)36(24-27-12-18-32(19-13-27)49-52(46,47)35-22-16-31(17-23-35)29-10-6-3-7-11-29)40-38(42)37-25-33(50)26-41(37)51(44,45)34-20-14-30(15-21-34)28-8-4-2-5-9-28/h2-23,33,36-37,50H,24-26H2,1H3,(H,40,42)/t33-,36?,37-/m0/s1. The Kier molecular flexibility index (Phi) is 11.1. The maximum Gasteiger partial charge on any atom is 0.339 e. The van der Waals surface area contributed by atoms with Crippen molar-refractivity contribution in [2.24, 2.45) is 0 Å². The molecule has 1 N–H and O–H groups in total. The van der Waals surface area contributed by atoms with Crippen LogP contribution in [0.5, 0.6) is 5.75 Å². The monoisotopic (exact) mass is 756 g/mol. The fraction of sp³-hybridized carbons (Fsp3) is 0.179. The summed E-state index contributed by atoms with van der Waals surface area (Å²) in [6.45, 7) is 0.00833. The molecule has 0 aromatic heterocycles. The summed E-state index contributed by atoms with van der Waals surface area (Å²) in [7, 11) is -7.05. The van der Waals surface area contributed by atoms with Crippen molar-refractivity contribution in [1.82, 2.24) is 9.62 Å². The Morgan fingerprint density at radius 3 is 1.75 bits per heavy atom. The quantitative estimate of drug-likeness (QED) is 0.0934. The van der Waals surface area contributed by atoms with Crippen LogP contribution in [0.2, 0.25) is 0 Å². The fourth-order valence-corrected chi connectivity index (χ4v) is 9.07. The molecule has 1 amide bonds. The van der Waals surface area contributed by atoms with E-state index in [1.165, 1.54) is 43.5 Å². The normalized spacial score (nSPS) is 16.9. The highest BCUT2D eigenvalue weighted by atomic mass is 32.2. The minimum Gasteiger partial charge on any atom is -0.467 e. The summed E-state index contributed by atoms with van der Waals surface area (Å²) in [5.74, 6) is -1.35. The summed E-state index contributed by atoms with van der Waals surface area (Å²) in [6, 6.07) is 35.7. The third-order valence-corrected chi connectivity index (χ3v) is 12.3.